The minimum absolute atomic E-state index is 0.0629. The first-order valence-corrected chi connectivity index (χ1v) is 12.6. The van der Waals surface area contributed by atoms with Crippen molar-refractivity contribution in [2.24, 2.45) is 5.41 Å². The molecule has 30 heavy (non-hydrogen) atoms. The highest BCUT2D eigenvalue weighted by Crippen LogP contribution is 2.76. The van der Waals surface area contributed by atoms with E-state index in [0.29, 0.717) is 45.1 Å². The quantitative estimate of drug-likeness (QED) is 0.433. The first-order valence-electron chi connectivity index (χ1n) is 11.1. The van der Waals surface area contributed by atoms with E-state index in [2.05, 4.69) is 0 Å². The van der Waals surface area contributed by atoms with Crippen molar-refractivity contribution in [2.75, 3.05) is 13.2 Å². The molecule has 9 heteroatoms. The molecule has 8 nitrogen and oxygen atoms in total. The number of rotatable bonds is 7. The third kappa shape index (κ3) is 3.85. The molecule has 0 aromatic carbocycles. The fourth-order valence-corrected chi connectivity index (χ4v) is 8.08. The number of ether oxygens (including phenoxy) is 3. The molecule has 0 aromatic rings. The van der Waals surface area contributed by atoms with E-state index >= 15 is 0 Å². The van der Waals surface area contributed by atoms with Crippen LogP contribution in [0, 0.1) is 5.41 Å². The first kappa shape index (κ1) is 22.3. The molecule has 4 aliphatic rings. The van der Waals surface area contributed by atoms with E-state index in [1.165, 1.54) is 0 Å². The van der Waals surface area contributed by atoms with Crippen LogP contribution in [-0.2, 0) is 37.4 Å². The second kappa shape index (κ2) is 8.19. The maximum atomic E-state index is 14.0. The van der Waals surface area contributed by atoms with Crippen molar-refractivity contribution < 1.29 is 37.4 Å². The van der Waals surface area contributed by atoms with E-state index in [0.717, 1.165) is 12.8 Å². The lowest BCUT2D eigenvalue weighted by Crippen LogP contribution is -2.48. The Kier molecular flexibility index (Phi) is 6.08. The van der Waals surface area contributed by atoms with Gasteiger partial charge in [-0.1, -0.05) is 0 Å². The van der Waals surface area contributed by atoms with Crippen LogP contribution in [0.2, 0.25) is 0 Å². The Morgan fingerprint density at radius 3 is 2.07 bits per heavy atom. The Bertz CT molecular complexity index is 701. The number of carbonyl (C=O) groups is 2. The molecule has 0 bridgehead atoms. The van der Waals surface area contributed by atoms with Crippen LogP contribution in [0.15, 0.2) is 0 Å². The SMILES string of the molecule is CC1OP(=O)(OCC2CCCO2)C(C)(C)C1(CC1CCC(=O)O1)CC1CCC(=O)O1. The maximum Gasteiger partial charge on any atom is 0.337 e. The molecule has 0 N–H and O–H groups in total. The molecule has 170 valence electrons. The van der Waals surface area contributed by atoms with Crippen LogP contribution in [0.4, 0.5) is 0 Å². The summed E-state index contributed by atoms with van der Waals surface area (Å²) in [5.74, 6) is -0.408. The van der Waals surface area contributed by atoms with Crippen LogP contribution in [0.25, 0.3) is 0 Å². The van der Waals surface area contributed by atoms with E-state index in [-0.39, 0.29) is 36.9 Å². The van der Waals surface area contributed by atoms with Crippen molar-refractivity contribution in [1.82, 2.24) is 0 Å². The number of esters is 2. The average Bonchev–Trinajstić information content (AvgIpc) is 3.44. The summed E-state index contributed by atoms with van der Waals surface area (Å²) in [4.78, 5) is 23.4. The molecule has 0 radical (unpaired) electrons. The van der Waals surface area contributed by atoms with Crippen LogP contribution in [0.1, 0.15) is 72.1 Å². The van der Waals surface area contributed by atoms with Gasteiger partial charge in [0.2, 0.25) is 0 Å². The van der Waals surface area contributed by atoms with Gasteiger partial charge < -0.3 is 23.3 Å². The summed E-state index contributed by atoms with van der Waals surface area (Å²) in [6.45, 7) is 6.67. The predicted molar refractivity (Wildman–Crippen MR) is 107 cm³/mol. The van der Waals surface area contributed by atoms with E-state index in [1.54, 1.807) is 0 Å². The molecule has 0 amide bonds. The van der Waals surface area contributed by atoms with Gasteiger partial charge in [0, 0.05) is 24.9 Å². The molecule has 0 aliphatic carbocycles. The van der Waals surface area contributed by atoms with E-state index < -0.39 is 24.3 Å². The molecule has 5 unspecified atom stereocenters. The smallest absolute Gasteiger partial charge is 0.337 e. The molecule has 4 rings (SSSR count). The lowest BCUT2D eigenvalue weighted by atomic mass is 9.65. The molecule has 4 aliphatic heterocycles. The average molecular weight is 444 g/mol. The Balaban J connectivity index is 1.59. The van der Waals surface area contributed by atoms with Gasteiger partial charge in [-0.15, -0.1) is 0 Å². The molecule has 5 atom stereocenters. The minimum Gasteiger partial charge on any atom is -0.462 e. The van der Waals surface area contributed by atoms with Crippen molar-refractivity contribution in [3.63, 3.8) is 0 Å². The molecular formula is C21H33O8P. The summed E-state index contributed by atoms with van der Waals surface area (Å²) in [5.41, 5.74) is -0.621. The fraction of sp³-hybridized carbons (Fsp3) is 0.905. The van der Waals surface area contributed by atoms with Crippen LogP contribution in [0.3, 0.4) is 0 Å². The van der Waals surface area contributed by atoms with Gasteiger partial charge in [-0.05, 0) is 59.3 Å². The van der Waals surface area contributed by atoms with Crippen LogP contribution >= 0.6 is 7.60 Å². The Morgan fingerprint density at radius 1 is 1.00 bits per heavy atom. The van der Waals surface area contributed by atoms with Gasteiger partial charge >= 0.3 is 19.5 Å². The largest absolute Gasteiger partial charge is 0.462 e. The fourth-order valence-electron chi connectivity index (χ4n) is 5.54. The summed E-state index contributed by atoms with van der Waals surface area (Å²) in [7, 11) is -3.51. The molecule has 4 saturated heterocycles. The van der Waals surface area contributed by atoms with Gasteiger partial charge in [-0.2, -0.15) is 0 Å². The van der Waals surface area contributed by atoms with E-state index in [1.807, 2.05) is 20.8 Å². The lowest BCUT2D eigenvalue weighted by molar-refractivity contribution is -0.145. The Labute approximate surface area is 177 Å². The zero-order valence-corrected chi connectivity index (χ0v) is 19.0. The minimum atomic E-state index is -3.51. The number of cyclic esters (lactones) is 2. The zero-order chi connectivity index (χ0) is 21.6. The van der Waals surface area contributed by atoms with Crippen LogP contribution in [-0.4, -0.2) is 54.7 Å². The number of hydrogen-bond acceptors (Lipinski definition) is 8. The highest BCUT2D eigenvalue weighted by atomic mass is 31.2. The van der Waals surface area contributed by atoms with Gasteiger partial charge in [0.05, 0.1) is 24.0 Å². The van der Waals surface area contributed by atoms with Crippen LogP contribution in [0.5, 0.6) is 0 Å². The van der Waals surface area contributed by atoms with Crippen molar-refractivity contribution >= 4 is 19.5 Å². The Hall–Kier alpha value is -0.950. The van der Waals surface area contributed by atoms with Crippen molar-refractivity contribution in [3.05, 3.63) is 0 Å². The predicted octanol–water partition coefficient (Wildman–Crippen LogP) is 3.75. The van der Waals surface area contributed by atoms with Crippen molar-refractivity contribution in [3.8, 4) is 0 Å². The number of carbonyl (C=O) groups excluding carboxylic acids is 2. The normalized spacial score (nSPS) is 43.2. The third-order valence-electron chi connectivity index (χ3n) is 7.55. The molecular weight excluding hydrogens is 411 g/mol. The standard InChI is InChI=1S/C21H33O8P/c1-14-21(11-15-6-8-18(22)27-15,12-16-7-9-19(23)28-16)20(2,3)30(24,29-14)26-13-17-5-4-10-25-17/h14-17H,4-13H2,1-3H3. The summed E-state index contributed by atoms with van der Waals surface area (Å²) in [6, 6.07) is 0. The topological polar surface area (TPSA) is 97.4 Å². The van der Waals surface area contributed by atoms with Crippen molar-refractivity contribution in [1.29, 1.82) is 0 Å². The second-order valence-corrected chi connectivity index (χ2v) is 12.2. The maximum absolute atomic E-state index is 14.0. The lowest BCUT2D eigenvalue weighted by Gasteiger charge is -2.44. The first-order chi connectivity index (χ1) is 14.2. The van der Waals surface area contributed by atoms with Gasteiger partial charge in [0.15, 0.2) is 0 Å². The van der Waals surface area contributed by atoms with Gasteiger partial charge in [-0.25, -0.2) is 0 Å². The summed E-state index contributed by atoms with van der Waals surface area (Å²) < 4.78 is 42.8. The van der Waals surface area contributed by atoms with Gasteiger partial charge in [-0.3, -0.25) is 14.2 Å². The van der Waals surface area contributed by atoms with Crippen molar-refractivity contribution in [2.45, 2.75) is 102 Å². The highest BCUT2D eigenvalue weighted by molar-refractivity contribution is 7.56. The number of hydrogen-bond donors (Lipinski definition) is 0. The monoisotopic (exact) mass is 444 g/mol. The van der Waals surface area contributed by atoms with Gasteiger partial charge in [0.1, 0.15) is 12.2 Å². The Morgan fingerprint density at radius 2 is 1.60 bits per heavy atom. The molecule has 0 saturated carbocycles. The molecule has 0 spiro atoms. The molecule has 0 aromatic heterocycles. The second-order valence-electron chi connectivity index (χ2n) is 9.60. The van der Waals surface area contributed by atoms with Crippen LogP contribution < -0.4 is 0 Å². The molecule has 4 heterocycles. The summed E-state index contributed by atoms with van der Waals surface area (Å²) >= 11 is 0. The summed E-state index contributed by atoms with van der Waals surface area (Å²) in [5, 5.41) is -0.845. The van der Waals surface area contributed by atoms with Gasteiger partial charge in [0.25, 0.3) is 0 Å². The van der Waals surface area contributed by atoms with E-state index in [4.69, 9.17) is 23.3 Å². The molecule has 4 fully saturated rings. The third-order valence-corrected chi connectivity index (χ3v) is 10.5. The van der Waals surface area contributed by atoms with E-state index in [9.17, 15) is 14.2 Å². The summed E-state index contributed by atoms with van der Waals surface area (Å²) in [6.07, 6.45) is 3.94. The highest BCUT2D eigenvalue weighted by Gasteiger charge is 2.68. The zero-order valence-electron chi connectivity index (χ0n) is 18.1.